The summed E-state index contributed by atoms with van der Waals surface area (Å²) in [6, 6.07) is 1.50. The van der Waals surface area contributed by atoms with E-state index in [4.69, 9.17) is 5.73 Å². The van der Waals surface area contributed by atoms with Crippen molar-refractivity contribution in [3.05, 3.63) is 35.0 Å². The van der Waals surface area contributed by atoms with Crippen molar-refractivity contribution in [2.24, 2.45) is 5.92 Å². The van der Waals surface area contributed by atoms with Crippen LogP contribution in [0, 0.1) is 5.92 Å². The third-order valence-electron chi connectivity index (χ3n) is 5.29. The lowest BCUT2D eigenvalue weighted by Crippen LogP contribution is -2.26. The van der Waals surface area contributed by atoms with E-state index in [0.29, 0.717) is 18.2 Å². The Bertz CT molecular complexity index is 883. The van der Waals surface area contributed by atoms with Crippen LogP contribution < -0.4 is 5.73 Å². The number of nitrogens with zero attached hydrogens (tertiary/aromatic N) is 4. The maximum Gasteiger partial charge on any atom is 0.164 e. The highest BCUT2D eigenvalue weighted by Gasteiger charge is 2.29. The molecule has 1 saturated carbocycles. The second-order valence-electron chi connectivity index (χ2n) is 7.05. The van der Waals surface area contributed by atoms with Crippen LogP contribution in [0.5, 0.6) is 0 Å². The summed E-state index contributed by atoms with van der Waals surface area (Å²) in [5.74, 6) is 1.22. The minimum atomic E-state index is -0.339. The van der Waals surface area contributed by atoms with Crippen LogP contribution in [0.3, 0.4) is 0 Å². The van der Waals surface area contributed by atoms with E-state index in [0.717, 1.165) is 22.3 Å². The number of rotatable bonds is 6. The van der Waals surface area contributed by atoms with Gasteiger partial charge in [0.15, 0.2) is 5.78 Å². The molecule has 1 aliphatic rings. The van der Waals surface area contributed by atoms with Crippen molar-refractivity contribution in [2.75, 3.05) is 5.73 Å². The van der Waals surface area contributed by atoms with E-state index in [1.54, 1.807) is 23.3 Å². The van der Waals surface area contributed by atoms with E-state index in [2.05, 4.69) is 15.1 Å². The molecule has 1 unspecified atom stereocenters. The van der Waals surface area contributed by atoms with Gasteiger partial charge in [-0.3, -0.25) is 9.78 Å². The summed E-state index contributed by atoms with van der Waals surface area (Å²) in [7, 11) is 0. The number of nitrogen functional groups attached to an aromatic ring is 1. The van der Waals surface area contributed by atoms with Crippen molar-refractivity contribution >= 4 is 33.8 Å². The third kappa shape index (κ3) is 3.49. The van der Waals surface area contributed by atoms with Crippen molar-refractivity contribution in [3.63, 3.8) is 0 Å². The molecule has 136 valence electrons. The smallest absolute Gasteiger partial charge is 0.164 e. The summed E-state index contributed by atoms with van der Waals surface area (Å²) in [6.45, 7) is 0. The van der Waals surface area contributed by atoms with Gasteiger partial charge in [0.05, 0.1) is 22.3 Å². The van der Waals surface area contributed by atoms with Crippen molar-refractivity contribution in [1.82, 2.24) is 19.7 Å². The van der Waals surface area contributed by atoms with Gasteiger partial charge >= 0.3 is 0 Å². The molecule has 2 N–H and O–H groups in total. The summed E-state index contributed by atoms with van der Waals surface area (Å²) < 4.78 is 1.73. The molecule has 6 nitrogen and oxygen atoms in total. The fourth-order valence-electron chi connectivity index (χ4n) is 3.92. The van der Waals surface area contributed by atoms with Crippen LogP contribution in [-0.2, 0) is 11.2 Å². The molecular weight excluding hydrogens is 346 g/mol. The van der Waals surface area contributed by atoms with Gasteiger partial charge in [-0.15, -0.1) is 11.3 Å². The van der Waals surface area contributed by atoms with Gasteiger partial charge in [0.25, 0.3) is 0 Å². The number of fused-ring (bicyclic) bond motifs is 1. The fourth-order valence-corrected chi connectivity index (χ4v) is 4.54. The topological polar surface area (TPSA) is 86.7 Å². The summed E-state index contributed by atoms with van der Waals surface area (Å²) in [5.41, 5.74) is 7.14. The number of ketones is 1. The molecule has 0 spiro atoms. The van der Waals surface area contributed by atoms with E-state index in [-0.39, 0.29) is 11.8 Å². The lowest BCUT2D eigenvalue weighted by atomic mass is 9.83. The Morgan fingerprint density at radius 3 is 2.88 bits per heavy atom. The van der Waals surface area contributed by atoms with Gasteiger partial charge < -0.3 is 5.73 Å². The molecule has 0 aliphatic heterocycles. The number of thiazole rings is 1. The molecule has 3 heterocycles. The van der Waals surface area contributed by atoms with Gasteiger partial charge in [0, 0.05) is 24.0 Å². The summed E-state index contributed by atoms with van der Waals surface area (Å²) in [5, 5.41) is 8.20. The average Bonchev–Trinajstić information content (AvgIpc) is 3.29. The Morgan fingerprint density at radius 2 is 2.15 bits per heavy atom. The standard InChI is InChI=1S/C19H23N5OS/c20-19-14-12-21-7-6-15(14)23-24(19)16(10-13-4-2-1-3-5-13)17(25)11-18-22-8-9-26-18/h6-9,12-13,16H,1-5,10-11,20H2. The molecule has 1 atom stereocenters. The molecule has 0 saturated heterocycles. The first-order valence-electron chi connectivity index (χ1n) is 9.21. The maximum absolute atomic E-state index is 13.1. The zero-order valence-corrected chi connectivity index (χ0v) is 15.5. The first kappa shape index (κ1) is 17.1. The molecule has 3 aromatic heterocycles. The van der Waals surface area contributed by atoms with Crippen LogP contribution in [0.4, 0.5) is 5.82 Å². The van der Waals surface area contributed by atoms with Gasteiger partial charge in [0.1, 0.15) is 11.9 Å². The molecule has 0 bridgehead atoms. The normalized spacial score (nSPS) is 16.8. The minimum Gasteiger partial charge on any atom is -0.383 e. The lowest BCUT2D eigenvalue weighted by Gasteiger charge is -2.26. The second kappa shape index (κ2) is 7.53. The molecule has 0 radical (unpaired) electrons. The molecule has 26 heavy (non-hydrogen) atoms. The number of carbonyl (C=O) groups is 1. The first-order chi connectivity index (χ1) is 12.7. The third-order valence-corrected chi connectivity index (χ3v) is 6.07. The Hall–Kier alpha value is -2.28. The van der Waals surface area contributed by atoms with Crippen molar-refractivity contribution in [2.45, 2.75) is 51.0 Å². The number of hydrogen-bond donors (Lipinski definition) is 1. The maximum atomic E-state index is 13.1. The highest BCUT2D eigenvalue weighted by Crippen LogP contribution is 2.34. The van der Waals surface area contributed by atoms with Gasteiger partial charge in [-0.2, -0.15) is 5.10 Å². The highest BCUT2D eigenvalue weighted by atomic mass is 32.1. The van der Waals surface area contributed by atoms with Crippen molar-refractivity contribution in [3.8, 4) is 0 Å². The van der Waals surface area contributed by atoms with Gasteiger partial charge in [-0.1, -0.05) is 32.1 Å². The van der Waals surface area contributed by atoms with Crippen LogP contribution in [0.25, 0.3) is 10.9 Å². The van der Waals surface area contributed by atoms with Crippen LogP contribution in [0.1, 0.15) is 49.6 Å². The van der Waals surface area contributed by atoms with Crippen LogP contribution >= 0.6 is 11.3 Å². The zero-order chi connectivity index (χ0) is 17.9. The number of pyridine rings is 1. The van der Waals surface area contributed by atoms with Gasteiger partial charge in [-0.25, -0.2) is 9.67 Å². The summed E-state index contributed by atoms with van der Waals surface area (Å²) >= 11 is 1.52. The lowest BCUT2D eigenvalue weighted by molar-refractivity contribution is -0.122. The van der Waals surface area contributed by atoms with Crippen molar-refractivity contribution < 1.29 is 4.79 Å². The summed E-state index contributed by atoms with van der Waals surface area (Å²) in [6.07, 6.45) is 12.5. The first-order valence-corrected chi connectivity index (χ1v) is 10.1. The fraction of sp³-hybridized carbons (Fsp3) is 0.474. The quantitative estimate of drug-likeness (QED) is 0.714. The molecule has 1 fully saturated rings. The van der Waals surface area contributed by atoms with Gasteiger partial charge in [-0.05, 0) is 18.4 Å². The van der Waals surface area contributed by atoms with E-state index in [1.807, 2.05) is 11.4 Å². The Morgan fingerprint density at radius 1 is 1.31 bits per heavy atom. The monoisotopic (exact) mass is 369 g/mol. The van der Waals surface area contributed by atoms with Crippen LogP contribution in [0.15, 0.2) is 30.0 Å². The number of hydrogen-bond acceptors (Lipinski definition) is 6. The molecule has 1 aliphatic carbocycles. The zero-order valence-electron chi connectivity index (χ0n) is 14.7. The Labute approximate surface area is 156 Å². The van der Waals surface area contributed by atoms with E-state index >= 15 is 0 Å². The van der Waals surface area contributed by atoms with Crippen LogP contribution in [0.2, 0.25) is 0 Å². The van der Waals surface area contributed by atoms with Crippen LogP contribution in [-0.4, -0.2) is 25.5 Å². The second-order valence-corrected chi connectivity index (χ2v) is 8.03. The number of carbonyl (C=O) groups excluding carboxylic acids is 1. The summed E-state index contributed by atoms with van der Waals surface area (Å²) in [4.78, 5) is 21.6. The molecule has 4 rings (SSSR count). The molecule has 3 aromatic rings. The number of anilines is 1. The minimum absolute atomic E-state index is 0.137. The largest absolute Gasteiger partial charge is 0.383 e. The Balaban J connectivity index is 1.66. The number of nitrogens with two attached hydrogens (primary N) is 1. The molecule has 0 aromatic carbocycles. The molecule has 7 heteroatoms. The predicted octanol–water partition coefficient (Wildman–Crippen LogP) is 3.79. The Kier molecular flexibility index (Phi) is 4.97. The SMILES string of the molecule is Nc1c2cnccc2nn1C(CC1CCCCC1)C(=O)Cc1nccs1. The van der Waals surface area contributed by atoms with E-state index in [9.17, 15) is 4.79 Å². The van der Waals surface area contributed by atoms with E-state index in [1.165, 1.54) is 43.4 Å². The number of aromatic nitrogens is 4. The van der Waals surface area contributed by atoms with E-state index < -0.39 is 0 Å². The predicted molar refractivity (Wildman–Crippen MR) is 103 cm³/mol. The molecular formula is C19H23N5OS. The molecule has 0 amide bonds. The van der Waals surface area contributed by atoms with Gasteiger partial charge in [0.2, 0.25) is 0 Å². The number of Topliss-reactive ketones (excluding diaryl/α,β-unsaturated/α-hetero) is 1. The average molecular weight is 369 g/mol. The van der Waals surface area contributed by atoms with Crippen molar-refractivity contribution in [1.29, 1.82) is 0 Å². The highest BCUT2D eigenvalue weighted by molar-refractivity contribution is 7.09.